The third-order valence-electron chi connectivity index (χ3n) is 4.69. The lowest BCUT2D eigenvalue weighted by Crippen LogP contribution is -2.44. The first-order valence-corrected chi connectivity index (χ1v) is 9.97. The van der Waals surface area contributed by atoms with Gasteiger partial charge in [-0.2, -0.15) is 18.4 Å². The second-order valence-electron chi connectivity index (χ2n) is 6.80. The second-order valence-corrected chi connectivity index (χ2v) is 7.65. The SMILES string of the molecule is N#C/C(=C/N1CCN(c2cccc(Cl)c2)CC1)C(=O)Nc1ccc(Cl)c(C(F)(F)F)c1. The molecular formula is C21H17Cl2F3N4O. The van der Waals surface area contributed by atoms with Crippen molar-refractivity contribution in [2.45, 2.75) is 6.18 Å². The smallest absolute Gasteiger partial charge is 0.373 e. The molecule has 1 fully saturated rings. The van der Waals surface area contributed by atoms with Gasteiger partial charge < -0.3 is 15.1 Å². The first-order chi connectivity index (χ1) is 14.7. The Morgan fingerprint density at radius 2 is 1.81 bits per heavy atom. The number of amides is 1. The van der Waals surface area contributed by atoms with Gasteiger partial charge in [0.1, 0.15) is 11.6 Å². The largest absolute Gasteiger partial charge is 0.417 e. The molecule has 0 saturated carbocycles. The van der Waals surface area contributed by atoms with Gasteiger partial charge >= 0.3 is 6.18 Å². The van der Waals surface area contributed by atoms with Crippen LogP contribution in [0.5, 0.6) is 0 Å². The lowest BCUT2D eigenvalue weighted by Gasteiger charge is -2.35. The third-order valence-corrected chi connectivity index (χ3v) is 5.26. The molecule has 5 nitrogen and oxygen atoms in total. The summed E-state index contributed by atoms with van der Waals surface area (Å²) in [5.41, 5.74) is -0.391. The molecule has 0 aliphatic carbocycles. The lowest BCUT2D eigenvalue weighted by atomic mass is 10.2. The molecule has 2 aromatic rings. The molecule has 0 unspecified atom stereocenters. The van der Waals surface area contributed by atoms with Gasteiger partial charge in [0.05, 0.1) is 10.6 Å². The maximum atomic E-state index is 13.0. The van der Waals surface area contributed by atoms with E-state index in [1.807, 2.05) is 23.1 Å². The van der Waals surface area contributed by atoms with Gasteiger partial charge in [-0.15, -0.1) is 0 Å². The number of carbonyl (C=O) groups is 1. The summed E-state index contributed by atoms with van der Waals surface area (Å²) < 4.78 is 39.0. The molecule has 0 atom stereocenters. The van der Waals surface area contributed by atoms with Crippen LogP contribution in [0.2, 0.25) is 10.0 Å². The van der Waals surface area contributed by atoms with Crippen LogP contribution in [0.3, 0.4) is 0 Å². The summed E-state index contributed by atoms with van der Waals surface area (Å²) in [7, 11) is 0. The number of piperazine rings is 1. The molecule has 1 heterocycles. The Kier molecular flexibility index (Phi) is 6.98. The van der Waals surface area contributed by atoms with Crippen molar-refractivity contribution >= 4 is 40.5 Å². The van der Waals surface area contributed by atoms with E-state index in [0.29, 0.717) is 31.2 Å². The first kappa shape index (κ1) is 22.8. The number of rotatable bonds is 4. The van der Waals surface area contributed by atoms with E-state index in [2.05, 4.69) is 10.2 Å². The number of halogens is 5. The number of hydrogen-bond donors (Lipinski definition) is 1. The molecule has 1 aliphatic heterocycles. The number of nitrogens with one attached hydrogen (secondary N) is 1. The molecule has 10 heteroatoms. The number of nitrogens with zero attached hydrogens (tertiary/aromatic N) is 3. The number of nitriles is 1. The Balaban J connectivity index is 1.66. The average molecular weight is 469 g/mol. The van der Waals surface area contributed by atoms with Gasteiger partial charge in [-0.25, -0.2) is 0 Å². The van der Waals surface area contributed by atoms with Crippen molar-refractivity contribution in [3.8, 4) is 6.07 Å². The fourth-order valence-electron chi connectivity index (χ4n) is 3.12. The minimum absolute atomic E-state index is 0.103. The zero-order valence-electron chi connectivity index (χ0n) is 16.1. The van der Waals surface area contributed by atoms with Crippen molar-refractivity contribution in [2.75, 3.05) is 36.4 Å². The minimum Gasteiger partial charge on any atom is -0.373 e. The summed E-state index contributed by atoms with van der Waals surface area (Å²) in [6, 6.07) is 12.3. The normalized spacial score (nSPS) is 14.9. The van der Waals surface area contributed by atoms with Gasteiger partial charge in [0.2, 0.25) is 0 Å². The van der Waals surface area contributed by atoms with Gasteiger partial charge in [0.15, 0.2) is 0 Å². The van der Waals surface area contributed by atoms with Crippen LogP contribution in [0, 0.1) is 11.3 Å². The predicted octanol–water partition coefficient (Wildman–Crippen LogP) is 5.18. The molecule has 1 saturated heterocycles. The van der Waals surface area contributed by atoms with Crippen LogP contribution in [-0.4, -0.2) is 37.0 Å². The molecule has 0 bridgehead atoms. The van der Waals surface area contributed by atoms with Crippen LogP contribution >= 0.6 is 23.2 Å². The summed E-state index contributed by atoms with van der Waals surface area (Å²) in [4.78, 5) is 16.4. The molecule has 1 aliphatic rings. The molecule has 0 radical (unpaired) electrons. The van der Waals surface area contributed by atoms with E-state index in [9.17, 15) is 23.2 Å². The van der Waals surface area contributed by atoms with Crippen molar-refractivity contribution in [3.63, 3.8) is 0 Å². The summed E-state index contributed by atoms with van der Waals surface area (Å²) in [5, 5.41) is 11.8. The zero-order valence-corrected chi connectivity index (χ0v) is 17.6. The van der Waals surface area contributed by atoms with E-state index in [1.54, 1.807) is 12.1 Å². The van der Waals surface area contributed by atoms with Crippen LogP contribution in [0.4, 0.5) is 24.5 Å². The van der Waals surface area contributed by atoms with Crippen LogP contribution in [0.25, 0.3) is 0 Å². The Morgan fingerprint density at radius 3 is 2.42 bits per heavy atom. The van der Waals surface area contributed by atoms with Gasteiger partial charge in [0.25, 0.3) is 5.91 Å². The lowest BCUT2D eigenvalue weighted by molar-refractivity contribution is -0.137. The van der Waals surface area contributed by atoms with Crippen LogP contribution in [-0.2, 0) is 11.0 Å². The highest BCUT2D eigenvalue weighted by molar-refractivity contribution is 6.31. The van der Waals surface area contributed by atoms with E-state index in [1.165, 1.54) is 12.3 Å². The average Bonchev–Trinajstić information content (AvgIpc) is 2.73. The number of alkyl halides is 3. The van der Waals surface area contributed by atoms with Gasteiger partial charge in [0, 0.05) is 48.8 Å². The monoisotopic (exact) mass is 468 g/mol. The maximum Gasteiger partial charge on any atom is 0.417 e. The standard InChI is InChI=1S/C21H17Cl2F3N4O/c22-15-2-1-3-17(10-15)30-8-6-29(7-9-30)13-14(12-27)20(31)28-16-4-5-19(23)18(11-16)21(24,25)26/h1-5,10-11,13H,6-9H2,(H,28,31)/b14-13-. The molecule has 3 rings (SSSR count). The van der Waals surface area contributed by atoms with E-state index < -0.39 is 22.7 Å². The molecule has 2 aromatic carbocycles. The molecule has 31 heavy (non-hydrogen) atoms. The van der Waals surface area contributed by atoms with Crippen molar-refractivity contribution in [2.24, 2.45) is 0 Å². The zero-order chi connectivity index (χ0) is 22.6. The fraction of sp³-hybridized carbons (Fsp3) is 0.238. The number of anilines is 2. The number of carbonyl (C=O) groups excluding carboxylic acids is 1. The highest BCUT2D eigenvalue weighted by Gasteiger charge is 2.33. The van der Waals surface area contributed by atoms with E-state index in [4.69, 9.17) is 23.2 Å². The van der Waals surface area contributed by atoms with Crippen molar-refractivity contribution < 1.29 is 18.0 Å². The highest BCUT2D eigenvalue weighted by atomic mass is 35.5. The molecule has 0 aromatic heterocycles. The predicted molar refractivity (Wildman–Crippen MR) is 114 cm³/mol. The first-order valence-electron chi connectivity index (χ1n) is 9.22. The van der Waals surface area contributed by atoms with Crippen LogP contribution in [0.1, 0.15) is 5.56 Å². The van der Waals surface area contributed by atoms with Crippen LogP contribution < -0.4 is 10.2 Å². The van der Waals surface area contributed by atoms with E-state index >= 15 is 0 Å². The minimum atomic E-state index is -4.66. The number of hydrogen-bond acceptors (Lipinski definition) is 4. The number of benzene rings is 2. The summed E-state index contributed by atoms with van der Waals surface area (Å²) in [6.45, 7) is 2.43. The van der Waals surface area contributed by atoms with Crippen LogP contribution in [0.15, 0.2) is 54.2 Å². The highest BCUT2D eigenvalue weighted by Crippen LogP contribution is 2.36. The fourth-order valence-corrected chi connectivity index (χ4v) is 3.53. The Hall–Kier alpha value is -2.89. The Bertz CT molecular complexity index is 1040. The molecule has 1 amide bonds. The maximum absolute atomic E-state index is 13.0. The molecule has 1 N–H and O–H groups in total. The summed E-state index contributed by atoms with van der Waals surface area (Å²) >= 11 is 11.6. The van der Waals surface area contributed by atoms with Gasteiger partial charge in [-0.05, 0) is 36.4 Å². The topological polar surface area (TPSA) is 59.4 Å². The summed E-state index contributed by atoms with van der Waals surface area (Å²) in [6.07, 6.45) is -3.24. The Labute approximate surface area is 187 Å². The van der Waals surface area contributed by atoms with Crippen molar-refractivity contribution in [1.82, 2.24) is 4.90 Å². The quantitative estimate of drug-likeness (QED) is 0.495. The second kappa shape index (κ2) is 9.50. The van der Waals surface area contributed by atoms with Gasteiger partial charge in [-0.1, -0.05) is 29.3 Å². The Morgan fingerprint density at radius 1 is 1.10 bits per heavy atom. The van der Waals surface area contributed by atoms with Gasteiger partial charge in [-0.3, -0.25) is 4.79 Å². The van der Waals surface area contributed by atoms with E-state index in [0.717, 1.165) is 17.8 Å². The molecule has 162 valence electrons. The molecular weight excluding hydrogens is 452 g/mol. The molecule has 0 spiro atoms. The van der Waals surface area contributed by atoms with Crippen molar-refractivity contribution in [1.29, 1.82) is 5.26 Å². The van der Waals surface area contributed by atoms with Crippen molar-refractivity contribution in [3.05, 3.63) is 69.8 Å². The summed E-state index contributed by atoms with van der Waals surface area (Å²) in [5.74, 6) is -0.796. The van der Waals surface area contributed by atoms with E-state index in [-0.39, 0.29) is 11.3 Å². The third kappa shape index (κ3) is 5.84.